The van der Waals surface area contributed by atoms with Crippen LogP contribution in [-0.2, 0) is 38.2 Å². The lowest BCUT2D eigenvalue weighted by Crippen LogP contribution is -2.59. The maximum atomic E-state index is 12.8. The molecule has 1 spiro atoms. The van der Waals surface area contributed by atoms with E-state index in [4.69, 9.17) is 24.8 Å². The van der Waals surface area contributed by atoms with Gasteiger partial charge in [-0.25, -0.2) is 28.0 Å². The average molecular weight is 672 g/mol. The predicted molar refractivity (Wildman–Crippen MR) is 145 cm³/mol. The van der Waals surface area contributed by atoms with Crippen molar-refractivity contribution in [2.75, 3.05) is 25.9 Å². The molecule has 1 saturated heterocycles. The Bertz CT molecular complexity index is 1500. The molecule has 0 unspecified atom stereocenters. The minimum absolute atomic E-state index is 0.481. The Morgan fingerprint density at radius 1 is 0.932 bits per heavy atom. The maximum absolute atomic E-state index is 12.8. The van der Waals surface area contributed by atoms with Crippen molar-refractivity contribution in [2.24, 2.45) is 0 Å². The molecule has 2 aliphatic heterocycles. The lowest BCUT2D eigenvalue weighted by Gasteiger charge is -2.49. The number of thiazole rings is 1. The number of carboxylic acids is 2. The molecule has 2 aromatic heterocycles. The minimum atomic E-state index is -5.08. The number of benzene rings is 1. The van der Waals surface area contributed by atoms with E-state index >= 15 is 0 Å². The van der Waals surface area contributed by atoms with Gasteiger partial charge in [-0.3, -0.25) is 4.90 Å². The van der Waals surface area contributed by atoms with Gasteiger partial charge in [0.2, 0.25) is 10.0 Å². The molecule has 19 heteroatoms. The van der Waals surface area contributed by atoms with Crippen molar-refractivity contribution in [2.45, 2.75) is 43.8 Å². The molecule has 0 radical (unpaired) electrons. The Morgan fingerprint density at radius 2 is 1.48 bits per heavy atom. The number of aliphatic carboxylic acids is 2. The number of likely N-dealkylation sites (tertiary alicyclic amines) is 1. The van der Waals surface area contributed by atoms with Crippen LogP contribution in [0.1, 0.15) is 23.7 Å². The van der Waals surface area contributed by atoms with Crippen LogP contribution >= 0.6 is 11.3 Å². The molecule has 5 rings (SSSR count). The van der Waals surface area contributed by atoms with Gasteiger partial charge in [0.1, 0.15) is 10.8 Å². The second-order valence-electron chi connectivity index (χ2n) is 9.66. The number of hydrogen-bond donors (Lipinski definition) is 2. The molecule has 0 saturated carbocycles. The summed E-state index contributed by atoms with van der Waals surface area (Å²) in [7, 11) is -3.35. The highest BCUT2D eigenvalue weighted by Crippen LogP contribution is 2.43. The Balaban J connectivity index is 0.000000317. The molecule has 3 aromatic rings. The van der Waals surface area contributed by atoms with Crippen LogP contribution in [0.4, 0.5) is 26.3 Å². The van der Waals surface area contributed by atoms with Crippen LogP contribution in [-0.4, -0.2) is 92.6 Å². The van der Waals surface area contributed by atoms with E-state index < -0.39 is 39.9 Å². The standard InChI is InChI=1S/C21H25N5O2S2.2C2HF3O2/c1-30(27,28)26-13-12-25-18(17-5-3-2-4-6-17)15-23-20(25)21(26)7-10-24(11-8-21)16-19-22-9-14-29-19;2*3-2(4,5)1(6)7/h2-6,9,14-15H,7-8,10-13,16H2,1H3;2*(H,6,7). The Morgan fingerprint density at radius 3 is 1.93 bits per heavy atom. The van der Waals surface area contributed by atoms with Crippen LogP contribution in [0.15, 0.2) is 48.1 Å². The summed E-state index contributed by atoms with van der Waals surface area (Å²) >= 11 is 1.66. The van der Waals surface area contributed by atoms with E-state index in [0.29, 0.717) is 13.1 Å². The van der Waals surface area contributed by atoms with E-state index in [9.17, 15) is 34.8 Å². The normalized spacial score (nSPS) is 17.1. The Hall–Kier alpha value is -3.55. The third-order valence-corrected chi connectivity index (χ3v) is 8.85. The molecule has 0 bridgehead atoms. The number of imidazole rings is 1. The van der Waals surface area contributed by atoms with E-state index in [0.717, 1.165) is 54.6 Å². The smallest absolute Gasteiger partial charge is 0.475 e. The second-order valence-corrected chi connectivity index (χ2v) is 12.5. The van der Waals surface area contributed by atoms with Gasteiger partial charge in [-0.05, 0) is 18.4 Å². The third-order valence-electron chi connectivity index (χ3n) is 6.76. The fourth-order valence-corrected chi connectivity index (χ4v) is 6.86. The van der Waals surface area contributed by atoms with Gasteiger partial charge in [0.25, 0.3) is 0 Å². The molecule has 0 amide bonds. The molecule has 0 aliphatic carbocycles. The largest absolute Gasteiger partial charge is 0.490 e. The van der Waals surface area contributed by atoms with Crippen LogP contribution < -0.4 is 0 Å². The molecule has 2 aliphatic rings. The molecule has 0 atom stereocenters. The van der Waals surface area contributed by atoms with E-state index in [1.54, 1.807) is 15.6 Å². The first-order valence-electron chi connectivity index (χ1n) is 12.7. The Labute approximate surface area is 251 Å². The van der Waals surface area contributed by atoms with Crippen molar-refractivity contribution in [3.8, 4) is 11.3 Å². The molecule has 11 nitrogen and oxygen atoms in total. The van der Waals surface area contributed by atoms with Crippen molar-refractivity contribution in [3.05, 3.63) is 58.9 Å². The lowest BCUT2D eigenvalue weighted by atomic mass is 9.85. The molecule has 2 N–H and O–H groups in total. The van der Waals surface area contributed by atoms with Gasteiger partial charge in [0.15, 0.2) is 0 Å². The number of nitrogens with zero attached hydrogens (tertiary/aromatic N) is 5. The fourth-order valence-electron chi connectivity index (χ4n) is 4.89. The molecule has 1 fully saturated rings. The zero-order chi connectivity index (χ0) is 32.9. The quantitative estimate of drug-likeness (QED) is 0.393. The van der Waals surface area contributed by atoms with Crippen molar-refractivity contribution in [3.63, 3.8) is 0 Å². The molecular formula is C25H27F6N5O6S2. The van der Waals surface area contributed by atoms with Crippen LogP contribution in [0.2, 0.25) is 0 Å². The molecule has 44 heavy (non-hydrogen) atoms. The first-order chi connectivity index (χ1) is 20.4. The summed E-state index contributed by atoms with van der Waals surface area (Å²) in [5.41, 5.74) is 1.59. The highest BCUT2D eigenvalue weighted by molar-refractivity contribution is 7.88. The monoisotopic (exact) mass is 671 g/mol. The zero-order valence-electron chi connectivity index (χ0n) is 22.9. The van der Waals surface area contributed by atoms with Crippen molar-refractivity contribution >= 4 is 33.3 Å². The minimum Gasteiger partial charge on any atom is -0.475 e. The number of carbonyl (C=O) groups is 2. The van der Waals surface area contributed by atoms with Gasteiger partial charge < -0.3 is 14.8 Å². The summed E-state index contributed by atoms with van der Waals surface area (Å²) in [5, 5.41) is 17.3. The van der Waals surface area contributed by atoms with Gasteiger partial charge in [-0.2, -0.15) is 30.6 Å². The molecule has 242 valence electrons. The van der Waals surface area contributed by atoms with Gasteiger partial charge in [-0.15, -0.1) is 11.3 Å². The van der Waals surface area contributed by atoms with Crippen molar-refractivity contribution in [1.29, 1.82) is 0 Å². The summed E-state index contributed by atoms with van der Waals surface area (Å²) < 4.78 is 92.9. The Kier molecular flexibility index (Phi) is 10.8. The van der Waals surface area contributed by atoms with Crippen LogP contribution in [0.3, 0.4) is 0 Å². The van der Waals surface area contributed by atoms with Crippen molar-refractivity contribution < 1.29 is 54.6 Å². The number of rotatable bonds is 4. The lowest BCUT2D eigenvalue weighted by molar-refractivity contribution is -0.193. The number of fused-ring (bicyclic) bond motifs is 2. The predicted octanol–water partition coefficient (Wildman–Crippen LogP) is 4.04. The SMILES string of the molecule is CS(=O)(=O)N1CCn2c(-c3ccccc3)cnc2C12CCN(Cc1nccs1)CC2.O=C(O)C(F)(F)F.O=C(O)C(F)(F)F. The number of sulfonamides is 1. The number of piperidine rings is 1. The summed E-state index contributed by atoms with van der Waals surface area (Å²) in [6, 6.07) is 10.2. The fraction of sp³-hybridized carbons (Fsp3) is 0.440. The van der Waals surface area contributed by atoms with Gasteiger partial charge in [0.05, 0.1) is 30.2 Å². The highest BCUT2D eigenvalue weighted by atomic mass is 32.2. The molecule has 4 heterocycles. The van der Waals surface area contributed by atoms with Gasteiger partial charge in [-0.1, -0.05) is 30.3 Å². The van der Waals surface area contributed by atoms with Crippen LogP contribution in [0.25, 0.3) is 11.3 Å². The zero-order valence-corrected chi connectivity index (χ0v) is 24.5. The van der Waals surface area contributed by atoms with Gasteiger partial charge >= 0.3 is 24.3 Å². The third kappa shape index (κ3) is 8.54. The molecule has 1 aromatic carbocycles. The summed E-state index contributed by atoms with van der Waals surface area (Å²) in [5.74, 6) is -4.63. The van der Waals surface area contributed by atoms with E-state index in [1.165, 1.54) is 6.26 Å². The number of alkyl halides is 6. The number of aromatic nitrogens is 3. The second kappa shape index (κ2) is 13.6. The number of hydrogen-bond acceptors (Lipinski definition) is 8. The van der Waals surface area contributed by atoms with E-state index in [1.807, 2.05) is 36.0 Å². The average Bonchev–Trinajstić information content (AvgIpc) is 3.60. The van der Waals surface area contributed by atoms with Crippen LogP contribution in [0.5, 0.6) is 0 Å². The van der Waals surface area contributed by atoms with Crippen LogP contribution in [0, 0.1) is 0 Å². The summed E-state index contributed by atoms with van der Waals surface area (Å²) in [6.45, 7) is 3.56. The molecular weight excluding hydrogens is 644 g/mol. The number of halogens is 6. The summed E-state index contributed by atoms with van der Waals surface area (Å²) in [6.07, 6.45) is -3.64. The first kappa shape index (κ1) is 34.9. The van der Waals surface area contributed by atoms with E-state index in [2.05, 4.69) is 26.6 Å². The maximum Gasteiger partial charge on any atom is 0.490 e. The topological polar surface area (TPSA) is 146 Å². The van der Waals surface area contributed by atoms with Gasteiger partial charge in [0, 0.05) is 37.8 Å². The van der Waals surface area contributed by atoms with Crippen molar-refractivity contribution in [1.82, 2.24) is 23.7 Å². The van der Waals surface area contributed by atoms with E-state index in [-0.39, 0.29) is 0 Å². The first-order valence-corrected chi connectivity index (χ1v) is 15.4. The highest BCUT2D eigenvalue weighted by Gasteiger charge is 2.50. The number of carboxylic acid groups (broad SMARTS) is 2. The summed E-state index contributed by atoms with van der Waals surface area (Å²) in [4.78, 5) is 29.4.